The Labute approximate surface area is 75.5 Å². The van der Waals surface area contributed by atoms with Crippen LogP contribution in [0.3, 0.4) is 0 Å². The largest absolute Gasteiger partial charge is 0.435 e. The summed E-state index contributed by atoms with van der Waals surface area (Å²) in [5.41, 5.74) is -0.983. The summed E-state index contributed by atoms with van der Waals surface area (Å²) in [5, 5.41) is 12.3. The van der Waals surface area contributed by atoms with Crippen LogP contribution in [-0.2, 0) is 6.18 Å². The van der Waals surface area contributed by atoms with Crippen molar-refractivity contribution >= 4 is 0 Å². The summed E-state index contributed by atoms with van der Waals surface area (Å²) in [7, 11) is 0. The van der Waals surface area contributed by atoms with E-state index >= 15 is 0 Å². The Hall–Kier alpha value is -1.86. The van der Waals surface area contributed by atoms with Crippen LogP contribution in [0.25, 0.3) is 5.82 Å². The number of nitrogens with one attached hydrogen (secondary N) is 1. The lowest BCUT2D eigenvalue weighted by Gasteiger charge is -1.98. The van der Waals surface area contributed by atoms with E-state index in [4.69, 9.17) is 0 Å². The van der Waals surface area contributed by atoms with Gasteiger partial charge in [-0.3, -0.25) is 5.10 Å². The molecule has 0 saturated heterocycles. The second-order valence-electron chi connectivity index (χ2n) is 2.48. The number of halogens is 3. The van der Waals surface area contributed by atoms with E-state index in [0.29, 0.717) is 0 Å². The minimum Gasteiger partial charge on any atom is -0.261 e. The quantitative estimate of drug-likeness (QED) is 0.752. The van der Waals surface area contributed by atoms with Gasteiger partial charge in [-0.15, -0.1) is 5.10 Å². The van der Waals surface area contributed by atoms with Crippen molar-refractivity contribution in [2.75, 3.05) is 0 Å². The summed E-state index contributed by atoms with van der Waals surface area (Å²) < 4.78 is 37.5. The first-order chi connectivity index (χ1) is 6.57. The van der Waals surface area contributed by atoms with Crippen LogP contribution >= 0.6 is 0 Å². The first-order valence-corrected chi connectivity index (χ1v) is 3.56. The van der Waals surface area contributed by atoms with Gasteiger partial charge in [-0.2, -0.15) is 18.3 Å². The molecular formula is C6H4F3N5. The monoisotopic (exact) mass is 203 g/mol. The third-order valence-corrected chi connectivity index (χ3v) is 1.52. The molecule has 0 bridgehead atoms. The van der Waals surface area contributed by atoms with Crippen molar-refractivity contribution in [2.24, 2.45) is 0 Å². The fourth-order valence-electron chi connectivity index (χ4n) is 0.911. The van der Waals surface area contributed by atoms with Crippen LogP contribution in [0.2, 0.25) is 0 Å². The van der Waals surface area contributed by atoms with Gasteiger partial charge in [-0.05, 0) is 0 Å². The van der Waals surface area contributed by atoms with Gasteiger partial charge in [0.25, 0.3) is 0 Å². The SMILES string of the molecule is FC(F)(F)c1cc(-n2ccnn2)[nH]n1. The predicted molar refractivity (Wildman–Crippen MR) is 38.5 cm³/mol. The summed E-state index contributed by atoms with van der Waals surface area (Å²) in [6.45, 7) is 0. The molecule has 2 aromatic heterocycles. The molecule has 2 aromatic rings. The maximum atomic E-state index is 12.1. The number of aromatic nitrogens is 5. The van der Waals surface area contributed by atoms with Crippen LogP contribution in [0.5, 0.6) is 0 Å². The van der Waals surface area contributed by atoms with Crippen molar-refractivity contribution in [3.8, 4) is 5.82 Å². The van der Waals surface area contributed by atoms with E-state index in [1.54, 1.807) is 0 Å². The van der Waals surface area contributed by atoms with Crippen molar-refractivity contribution in [2.45, 2.75) is 6.18 Å². The summed E-state index contributed by atoms with van der Waals surface area (Å²) in [4.78, 5) is 0. The number of alkyl halides is 3. The lowest BCUT2D eigenvalue weighted by Crippen LogP contribution is -2.04. The van der Waals surface area contributed by atoms with Crippen LogP contribution in [0.1, 0.15) is 5.69 Å². The van der Waals surface area contributed by atoms with E-state index in [0.717, 1.165) is 10.7 Å². The second-order valence-corrected chi connectivity index (χ2v) is 2.48. The van der Waals surface area contributed by atoms with Crippen LogP contribution < -0.4 is 0 Å². The van der Waals surface area contributed by atoms with Gasteiger partial charge in [0.15, 0.2) is 11.5 Å². The minimum absolute atomic E-state index is 0.120. The molecule has 0 amide bonds. The lowest BCUT2D eigenvalue weighted by molar-refractivity contribution is -0.141. The molecule has 2 rings (SSSR count). The highest BCUT2D eigenvalue weighted by molar-refractivity contribution is 5.23. The highest BCUT2D eigenvalue weighted by Crippen LogP contribution is 2.28. The minimum atomic E-state index is -4.45. The van der Waals surface area contributed by atoms with Gasteiger partial charge in [0, 0.05) is 6.07 Å². The van der Waals surface area contributed by atoms with Gasteiger partial charge in [-0.1, -0.05) is 5.21 Å². The Morgan fingerprint density at radius 3 is 2.64 bits per heavy atom. The van der Waals surface area contributed by atoms with Crippen molar-refractivity contribution in [3.05, 3.63) is 24.2 Å². The van der Waals surface area contributed by atoms with E-state index in [1.165, 1.54) is 12.4 Å². The molecule has 0 spiro atoms. The highest BCUT2D eigenvalue weighted by Gasteiger charge is 2.34. The van der Waals surface area contributed by atoms with Crippen molar-refractivity contribution < 1.29 is 13.2 Å². The molecule has 0 atom stereocenters. The van der Waals surface area contributed by atoms with E-state index in [-0.39, 0.29) is 5.82 Å². The summed E-state index contributed by atoms with van der Waals surface area (Å²) in [6, 6.07) is 0.856. The van der Waals surface area contributed by atoms with Gasteiger partial charge in [0.2, 0.25) is 0 Å². The molecule has 0 aromatic carbocycles. The van der Waals surface area contributed by atoms with E-state index in [2.05, 4.69) is 20.5 Å². The number of hydrogen-bond donors (Lipinski definition) is 1. The highest BCUT2D eigenvalue weighted by atomic mass is 19.4. The fraction of sp³-hybridized carbons (Fsp3) is 0.167. The maximum Gasteiger partial charge on any atom is 0.435 e. The third kappa shape index (κ3) is 1.45. The molecule has 0 fully saturated rings. The van der Waals surface area contributed by atoms with Gasteiger partial charge < -0.3 is 0 Å². The summed E-state index contributed by atoms with van der Waals surface area (Å²) in [6.07, 6.45) is -1.68. The van der Waals surface area contributed by atoms with Crippen LogP contribution in [-0.4, -0.2) is 25.2 Å². The summed E-state index contributed by atoms with van der Waals surface area (Å²) in [5.74, 6) is 0.120. The average molecular weight is 203 g/mol. The Balaban J connectivity index is 2.36. The standard InChI is InChI=1S/C6H4F3N5/c7-6(8,9)4-3-5(12-11-4)14-2-1-10-13-14/h1-3H,(H,11,12). The van der Waals surface area contributed by atoms with Gasteiger partial charge >= 0.3 is 6.18 Å². The van der Waals surface area contributed by atoms with E-state index in [1.807, 2.05) is 0 Å². The molecule has 74 valence electrons. The van der Waals surface area contributed by atoms with E-state index in [9.17, 15) is 13.2 Å². The molecule has 14 heavy (non-hydrogen) atoms. The van der Waals surface area contributed by atoms with Gasteiger partial charge in [0.05, 0.1) is 12.4 Å². The van der Waals surface area contributed by atoms with E-state index < -0.39 is 11.9 Å². The molecule has 5 nitrogen and oxygen atoms in total. The topological polar surface area (TPSA) is 59.4 Å². The van der Waals surface area contributed by atoms with Gasteiger partial charge in [0.1, 0.15) is 0 Å². The van der Waals surface area contributed by atoms with Crippen molar-refractivity contribution in [1.82, 2.24) is 25.2 Å². The second kappa shape index (κ2) is 2.82. The van der Waals surface area contributed by atoms with Crippen molar-refractivity contribution in [1.29, 1.82) is 0 Å². The molecule has 1 N–H and O–H groups in total. The van der Waals surface area contributed by atoms with Crippen molar-refractivity contribution in [3.63, 3.8) is 0 Å². The molecule has 0 saturated carbocycles. The predicted octanol–water partition coefficient (Wildman–Crippen LogP) is 1.01. The summed E-state index contributed by atoms with van der Waals surface area (Å²) >= 11 is 0. The van der Waals surface area contributed by atoms with Crippen LogP contribution in [0, 0.1) is 0 Å². The van der Waals surface area contributed by atoms with Crippen LogP contribution in [0.15, 0.2) is 18.5 Å². The number of rotatable bonds is 1. The third-order valence-electron chi connectivity index (χ3n) is 1.52. The number of H-pyrrole nitrogens is 1. The molecule has 0 aliphatic heterocycles. The fourth-order valence-corrected chi connectivity index (χ4v) is 0.911. The van der Waals surface area contributed by atoms with Gasteiger partial charge in [-0.25, -0.2) is 4.68 Å². The number of hydrogen-bond acceptors (Lipinski definition) is 3. The smallest absolute Gasteiger partial charge is 0.261 e. The first kappa shape index (κ1) is 8.73. The Morgan fingerprint density at radius 2 is 2.14 bits per heavy atom. The zero-order valence-corrected chi connectivity index (χ0v) is 6.65. The lowest BCUT2D eigenvalue weighted by atomic mass is 10.4. The Kier molecular flexibility index (Phi) is 1.76. The molecule has 0 radical (unpaired) electrons. The first-order valence-electron chi connectivity index (χ1n) is 3.56. The molecule has 0 aliphatic carbocycles. The molecular weight excluding hydrogens is 199 g/mol. The normalized spacial score (nSPS) is 11.9. The zero-order chi connectivity index (χ0) is 10.2. The average Bonchev–Trinajstić information content (AvgIpc) is 2.73. The molecule has 2 heterocycles. The number of nitrogens with zero attached hydrogens (tertiary/aromatic N) is 4. The zero-order valence-electron chi connectivity index (χ0n) is 6.65. The Bertz CT molecular complexity index is 415. The molecule has 0 aliphatic rings. The Morgan fingerprint density at radius 1 is 1.36 bits per heavy atom. The molecule has 0 unspecified atom stereocenters. The maximum absolute atomic E-state index is 12.1. The number of aromatic amines is 1. The van der Waals surface area contributed by atoms with Crippen LogP contribution in [0.4, 0.5) is 13.2 Å². The molecule has 8 heteroatoms.